The first kappa shape index (κ1) is 20.6. The molecule has 154 valence electrons. The zero-order valence-electron chi connectivity index (χ0n) is 17.2. The molecule has 0 aromatic carbocycles. The molecule has 3 fully saturated rings. The van der Waals surface area contributed by atoms with Crippen LogP contribution in [-0.2, 0) is 14.3 Å². The molecular weight excluding hydrogens is 342 g/mol. The summed E-state index contributed by atoms with van der Waals surface area (Å²) < 4.78 is 5.20. The van der Waals surface area contributed by atoms with Gasteiger partial charge in [0.25, 0.3) is 0 Å². The topological polar surface area (TPSA) is 53.1 Å². The monoisotopic (exact) mass is 379 g/mol. The summed E-state index contributed by atoms with van der Waals surface area (Å²) in [5.74, 6) is 2.07. The zero-order valence-corrected chi connectivity index (χ0v) is 17.2. The summed E-state index contributed by atoms with van der Waals surface area (Å²) in [5, 5.41) is 0. The molecule has 1 atom stereocenters. The van der Waals surface area contributed by atoms with Crippen molar-refractivity contribution in [3.8, 4) is 0 Å². The molecule has 6 heteroatoms. The number of carbonyl (C=O) groups is 2. The summed E-state index contributed by atoms with van der Waals surface area (Å²) in [6.07, 6.45) is 5.73. The minimum absolute atomic E-state index is 0.272. The fourth-order valence-corrected chi connectivity index (χ4v) is 4.94. The molecule has 3 saturated heterocycles. The van der Waals surface area contributed by atoms with Crippen LogP contribution in [0.15, 0.2) is 0 Å². The van der Waals surface area contributed by atoms with Crippen molar-refractivity contribution in [3.63, 3.8) is 0 Å². The van der Waals surface area contributed by atoms with E-state index in [4.69, 9.17) is 4.74 Å². The van der Waals surface area contributed by atoms with Crippen LogP contribution in [0.2, 0.25) is 0 Å². The molecular formula is C21H37N3O3. The van der Waals surface area contributed by atoms with Crippen LogP contribution in [0.5, 0.6) is 0 Å². The van der Waals surface area contributed by atoms with Gasteiger partial charge in [-0.15, -0.1) is 0 Å². The number of likely N-dealkylation sites (tertiary alicyclic amines) is 3. The van der Waals surface area contributed by atoms with Crippen LogP contribution in [0.3, 0.4) is 0 Å². The smallest absolute Gasteiger partial charge is 0.223 e. The molecule has 0 spiro atoms. The Kier molecular flexibility index (Phi) is 7.53. The molecule has 0 saturated carbocycles. The molecule has 0 aromatic heterocycles. The summed E-state index contributed by atoms with van der Waals surface area (Å²) in [6.45, 7) is 9.71. The largest absolute Gasteiger partial charge is 0.384 e. The van der Waals surface area contributed by atoms with E-state index in [0.29, 0.717) is 36.7 Å². The molecule has 1 unspecified atom stereocenters. The van der Waals surface area contributed by atoms with Gasteiger partial charge in [0, 0.05) is 52.0 Å². The Morgan fingerprint density at radius 1 is 1.04 bits per heavy atom. The standard InChI is InChI=1S/C21H37N3O3/c1-3-22-8-4-17(5-9-22)12-20(25)23-10-6-18(7-11-23)14-24-15-19(16-27-2)13-21(24)26/h17-19H,3-16H2,1-2H3. The molecule has 0 radical (unpaired) electrons. The van der Waals surface area contributed by atoms with E-state index < -0.39 is 0 Å². The quantitative estimate of drug-likeness (QED) is 0.677. The normalized spacial score (nSPS) is 26.1. The minimum Gasteiger partial charge on any atom is -0.384 e. The first-order valence-electron chi connectivity index (χ1n) is 10.9. The van der Waals surface area contributed by atoms with Crippen LogP contribution in [0.1, 0.15) is 45.4 Å². The second-order valence-corrected chi connectivity index (χ2v) is 8.73. The van der Waals surface area contributed by atoms with Crippen molar-refractivity contribution in [2.75, 3.05) is 59.5 Å². The van der Waals surface area contributed by atoms with Crippen LogP contribution in [0.4, 0.5) is 0 Å². The van der Waals surface area contributed by atoms with E-state index in [1.807, 2.05) is 4.90 Å². The number of ether oxygens (including phenoxy) is 1. The highest BCUT2D eigenvalue weighted by Crippen LogP contribution is 2.26. The van der Waals surface area contributed by atoms with Crippen molar-refractivity contribution >= 4 is 11.8 Å². The lowest BCUT2D eigenvalue weighted by molar-refractivity contribution is -0.135. The van der Waals surface area contributed by atoms with Crippen molar-refractivity contribution in [3.05, 3.63) is 0 Å². The molecule has 3 heterocycles. The SMILES string of the molecule is CCN1CCC(CC(=O)N2CCC(CN3CC(COC)CC3=O)CC2)CC1. The first-order valence-corrected chi connectivity index (χ1v) is 10.9. The zero-order chi connectivity index (χ0) is 19.2. The van der Waals surface area contributed by atoms with Gasteiger partial charge in [0.2, 0.25) is 11.8 Å². The Hall–Kier alpha value is -1.14. The van der Waals surface area contributed by atoms with E-state index >= 15 is 0 Å². The molecule has 0 N–H and O–H groups in total. The summed E-state index contributed by atoms with van der Waals surface area (Å²) >= 11 is 0. The fourth-order valence-electron chi connectivity index (χ4n) is 4.94. The Labute approximate surface area is 164 Å². The van der Waals surface area contributed by atoms with E-state index in [1.165, 1.54) is 0 Å². The molecule has 0 bridgehead atoms. The van der Waals surface area contributed by atoms with Gasteiger partial charge in [-0.2, -0.15) is 0 Å². The van der Waals surface area contributed by atoms with Crippen LogP contribution in [0, 0.1) is 17.8 Å². The summed E-state index contributed by atoms with van der Waals surface area (Å²) in [6, 6.07) is 0. The maximum absolute atomic E-state index is 12.7. The fraction of sp³-hybridized carbons (Fsp3) is 0.905. The summed E-state index contributed by atoms with van der Waals surface area (Å²) in [7, 11) is 1.70. The Morgan fingerprint density at radius 2 is 1.70 bits per heavy atom. The molecule has 3 aliphatic heterocycles. The number of piperidine rings is 2. The number of hydrogen-bond donors (Lipinski definition) is 0. The van der Waals surface area contributed by atoms with Gasteiger partial charge in [-0.1, -0.05) is 6.92 Å². The molecule has 27 heavy (non-hydrogen) atoms. The third-order valence-electron chi connectivity index (χ3n) is 6.76. The lowest BCUT2D eigenvalue weighted by Crippen LogP contribution is -2.43. The van der Waals surface area contributed by atoms with Gasteiger partial charge in [-0.05, 0) is 57.2 Å². The Morgan fingerprint density at radius 3 is 2.33 bits per heavy atom. The van der Waals surface area contributed by atoms with Gasteiger partial charge in [-0.3, -0.25) is 9.59 Å². The van der Waals surface area contributed by atoms with Gasteiger partial charge < -0.3 is 19.4 Å². The van der Waals surface area contributed by atoms with E-state index in [2.05, 4.69) is 16.7 Å². The molecule has 2 amide bonds. The maximum atomic E-state index is 12.7. The Balaban J connectivity index is 1.36. The van der Waals surface area contributed by atoms with E-state index in [1.54, 1.807) is 7.11 Å². The van der Waals surface area contributed by atoms with Gasteiger partial charge in [-0.25, -0.2) is 0 Å². The number of rotatable bonds is 7. The highest BCUT2D eigenvalue weighted by atomic mass is 16.5. The summed E-state index contributed by atoms with van der Waals surface area (Å²) in [5.41, 5.74) is 0. The van der Waals surface area contributed by atoms with Crippen molar-refractivity contribution in [2.45, 2.75) is 45.4 Å². The highest BCUT2D eigenvalue weighted by molar-refractivity contribution is 5.78. The van der Waals surface area contributed by atoms with Crippen LogP contribution in [-0.4, -0.2) is 86.0 Å². The third-order valence-corrected chi connectivity index (χ3v) is 6.76. The van der Waals surface area contributed by atoms with Crippen molar-refractivity contribution in [2.24, 2.45) is 17.8 Å². The van der Waals surface area contributed by atoms with Gasteiger partial charge in [0.15, 0.2) is 0 Å². The number of amides is 2. The molecule has 3 rings (SSSR count). The number of nitrogens with zero attached hydrogens (tertiary/aromatic N) is 3. The minimum atomic E-state index is 0.272. The van der Waals surface area contributed by atoms with E-state index in [0.717, 1.165) is 77.9 Å². The number of methoxy groups -OCH3 is 1. The summed E-state index contributed by atoms with van der Waals surface area (Å²) in [4.78, 5) is 31.4. The molecule has 0 aliphatic carbocycles. The van der Waals surface area contributed by atoms with E-state index in [-0.39, 0.29) is 5.91 Å². The van der Waals surface area contributed by atoms with Crippen LogP contribution >= 0.6 is 0 Å². The van der Waals surface area contributed by atoms with Crippen molar-refractivity contribution < 1.29 is 14.3 Å². The van der Waals surface area contributed by atoms with Gasteiger partial charge in [0.1, 0.15) is 0 Å². The van der Waals surface area contributed by atoms with Crippen LogP contribution in [0.25, 0.3) is 0 Å². The average molecular weight is 380 g/mol. The molecule has 0 aromatic rings. The van der Waals surface area contributed by atoms with Crippen LogP contribution < -0.4 is 0 Å². The molecule has 6 nitrogen and oxygen atoms in total. The van der Waals surface area contributed by atoms with Gasteiger partial charge >= 0.3 is 0 Å². The van der Waals surface area contributed by atoms with Crippen molar-refractivity contribution in [1.29, 1.82) is 0 Å². The first-order chi connectivity index (χ1) is 13.1. The Bertz CT molecular complexity index is 497. The predicted octanol–water partition coefficient (Wildman–Crippen LogP) is 1.84. The second kappa shape index (κ2) is 9.87. The second-order valence-electron chi connectivity index (χ2n) is 8.73. The van der Waals surface area contributed by atoms with Gasteiger partial charge in [0.05, 0.1) is 6.61 Å². The lowest BCUT2D eigenvalue weighted by Gasteiger charge is -2.36. The van der Waals surface area contributed by atoms with E-state index in [9.17, 15) is 9.59 Å². The maximum Gasteiger partial charge on any atom is 0.223 e. The third kappa shape index (κ3) is 5.67. The van der Waals surface area contributed by atoms with Crippen molar-refractivity contribution in [1.82, 2.24) is 14.7 Å². The number of carbonyl (C=O) groups excluding carboxylic acids is 2. The highest BCUT2D eigenvalue weighted by Gasteiger charge is 2.33. The predicted molar refractivity (Wildman–Crippen MR) is 105 cm³/mol. The number of hydrogen-bond acceptors (Lipinski definition) is 4. The lowest BCUT2D eigenvalue weighted by atomic mass is 9.91. The average Bonchev–Trinajstić information content (AvgIpc) is 3.02. The molecule has 3 aliphatic rings.